The Kier molecular flexibility index (Phi) is 4.50. The number of hydrogen-bond acceptors (Lipinski definition) is 4. The molecular formula is C15H28N4. The largest absolute Gasteiger partial charge is 0.314 e. The topological polar surface area (TPSA) is 56.3 Å². The summed E-state index contributed by atoms with van der Waals surface area (Å²) >= 11 is 0. The molecule has 4 heteroatoms. The molecular weight excluding hydrogens is 236 g/mol. The van der Waals surface area contributed by atoms with Gasteiger partial charge in [0.15, 0.2) is 0 Å². The Bertz CT molecular complexity index is 347. The third-order valence-electron chi connectivity index (χ3n) is 4.98. The van der Waals surface area contributed by atoms with Crippen LogP contribution in [0.4, 0.5) is 0 Å². The molecule has 2 rings (SSSR count). The molecule has 0 aromatic carbocycles. The molecule has 2 fully saturated rings. The van der Waals surface area contributed by atoms with Crippen LogP contribution in [0, 0.1) is 17.2 Å². The van der Waals surface area contributed by atoms with Crippen LogP contribution in [0.3, 0.4) is 0 Å². The van der Waals surface area contributed by atoms with Crippen molar-refractivity contribution in [3.8, 4) is 6.07 Å². The fraction of sp³-hybridized carbons (Fsp3) is 0.933. The lowest BCUT2D eigenvalue weighted by molar-refractivity contribution is 0.0196. The van der Waals surface area contributed by atoms with E-state index in [1.165, 1.54) is 32.4 Å². The lowest BCUT2D eigenvalue weighted by Gasteiger charge is -2.48. The van der Waals surface area contributed by atoms with Crippen molar-refractivity contribution < 1.29 is 0 Å². The summed E-state index contributed by atoms with van der Waals surface area (Å²) in [6.45, 7) is 7.64. The molecule has 0 aromatic heterocycles. The third kappa shape index (κ3) is 3.47. The van der Waals surface area contributed by atoms with Crippen LogP contribution in [0.5, 0.6) is 0 Å². The van der Waals surface area contributed by atoms with Crippen LogP contribution < -0.4 is 5.73 Å². The summed E-state index contributed by atoms with van der Waals surface area (Å²) in [5.41, 5.74) is 5.29. The number of rotatable bonds is 3. The highest BCUT2D eigenvalue weighted by atomic mass is 15.2. The Morgan fingerprint density at radius 3 is 2.84 bits per heavy atom. The van der Waals surface area contributed by atoms with Crippen LogP contribution in [0.1, 0.15) is 39.5 Å². The molecule has 4 atom stereocenters. The van der Waals surface area contributed by atoms with Crippen molar-refractivity contribution in [2.45, 2.75) is 57.2 Å². The molecule has 0 aromatic rings. The summed E-state index contributed by atoms with van der Waals surface area (Å²) in [7, 11) is 2.27. The summed E-state index contributed by atoms with van der Waals surface area (Å²) in [5, 5.41) is 9.06. The maximum atomic E-state index is 9.06. The highest BCUT2D eigenvalue weighted by Gasteiger charge is 2.36. The number of fused-ring (bicyclic) bond motifs is 1. The smallest absolute Gasteiger partial charge is 0.102 e. The van der Waals surface area contributed by atoms with E-state index in [1.807, 2.05) is 6.92 Å². The monoisotopic (exact) mass is 264 g/mol. The minimum atomic E-state index is -0.695. The van der Waals surface area contributed by atoms with Gasteiger partial charge in [0, 0.05) is 18.6 Å². The van der Waals surface area contributed by atoms with E-state index in [2.05, 4.69) is 29.8 Å². The molecule has 2 saturated heterocycles. The average molecular weight is 264 g/mol. The minimum Gasteiger partial charge on any atom is -0.314 e. The van der Waals surface area contributed by atoms with Crippen LogP contribution in [-0.2, 0) is 0 Å². The molecule has 0 spiro atoms. The Labute approximate surface area is 117 Å². The first-order chi connectivity index (χ1) is 8.93. The van der Waals surface area contributed by atoms with Gasteiger partial charge in [0.05, 0.1) is 6.07 Å². The number of nitrogens with zero attached hydrogens (tertiary/aromatic N) is 3. The standard InChI is InChI=1S/C15H28N4/c1-12(9-15(2,17)11-16)19-8-6-14-13(10-19)5-4-7-18(14)3/h12-14H,4-10,17H2,1-3H3. The van der Waals surface area contributed by atoms with Gasteiger partial charge in [0.1, 0.15) is 5.54 Å². The van der Waals surface area contributed by atoms with Crippen molar-refractivity contribution >= 4 is 0 Å². The van der Waals surface area contributed by atoms with E-state index in [-0.39, 0.29) is 0 Å². The van der Waals surface area contributed by atoms with Crippen molar-refractivity contribution in [2.75, 3.05) is 26.7 Å². The van der Waals surface area contributed by atoms with Gasteiger partial charge in [0.2, 0.25) is 0 Å². The summed E-state index contributed by atoms with van der Waals surface area (Å²) in [6, 6.07) is 3.40. The zero-order valence-corrected chi connectivity index (χ0v) is 12.6. The maximum absolute atomic E-state index is 9.06. The molecule has 2 N–H and O–H groups in total. The van der Waals surface area contributed by atoms with Gasteiger partial charge in [-0.3, -0.25) is 0 Å². The van der Waals surface area contributed by atoms with Crippen molar-refractivity contribution in [2.24, 2.45) is 11.7 Å². The van der Waals surface area contributed by atoms with Gasteiger partial charge in [-0.05, 0) is 65.6 Å². The summed E-state index contributed by atoms with van der Waals surface area (Å²) in [4.78, 5) is 5.08. The molecule has 0 aliphatic carbocycles. The van der Waals surface area contributed by atoms with Gasteiger partial charge in [0.25, 0.3) is 0 Å². The van der Waals surface area contributed by atoms with E-state index >= 15 is 0 Å². The summed E-state index contributed by atoms with van der Waals surface area (Å²) < 4.78 is 0. The first-order valence-electron chi connectivity index (χ1n) is 7.57. The molecule has 0 radical (unpaired) electrons. The lowest BCUT2D eigenvalue weighted by Crippen LogP contribution is -2.55. The fourth-order valence-corrected chi connectivity index (χ4v) is 3.87. The lowest BCUT2D eigenvalue weighted by atomic mass is 9.83. The van der Waals surface area contributed by atoms with Gasteiger partial charge < -0.3 is 15.5 Å². The fourth-order valence-electron chi connectivity index (χ4n) is 3.87. The van der Waals surface area contributed by atoms with Crippen LogP contribution in [0.2, 0.25) is 0 Å². The van der Waals surface area contributed by atoms with E-state index in [1.54, 1.807) is 0 Å². The molecule has 4 nitrogen and oxygen atoms in total. The van der Waals surface area contributed by atoms with Gasteiger partial charge in [-0.25, -0.2) is 0 Å². The predicted octanol–water partition coefficient (Wildman–Crippen LogP) is 1.42. The van der Waals surface area contributed by atoms with E-state index in [9.17, 15) is 0 Å². The van der Waals surface area contributed by atoms with E-state index < -0.39 is 5.54 Å². The van der Waals surface area contributed by atoms with Crippen molar-refractivity contribution in [1.82, 2.24) is 9.80 Å². The van der Waals surface area contributed by atoms with Crippen molar-refractivity contribution in [3.63, 3.8) is 0 Å². The SMILES string of the molecule is CC(CC(C)(N)C#N)N1CCC2C(CCCN2C)C1. The average Bonchev–Trinajstić information content (AvgIpc) is 2.38. The normalized spacial score (nSPS) is 34.1. The summed E-state index contributed by atoms with van der Waals surface area (Å²) in [5.74, 6) is 0.807. The molecule has 2 heterocycles. The van der Waals surface area contributed by atoms with Gasteiger partial charge in [-0.15, -0.1) is 0 Å². The number of piperidine rings is 2. The van der Waals surface area contributed by atoms with E-state index in [0.717, 1.165) is 24.9 Å². The van der Waals surface area contributed by atoms with E-state index in [0.29, 0.717) is 6.04 Å². The van der Waals surface area contributed by atoms with Gasteiger partial charge in [-0.2, -0.15) is 5.26 Å². The highest BCUT2D eigenvalue weighted by molar-refractivity contribution is 5.03. The van der Waals surface area contributed by atoms with Crippen molar-refractivity contribution in [3.05, 3.63) is 0 Å². The zero-order valence-electron chi connectivity index (χ0n) is 12.6. The highest BCUT2D eigenvalue weighted by Crippen LogP contribution is 2.31. The number of nitrogens with two attached hydrogens (primary N) is 1. The predicted molar refractivity (Wildman–Crippen MR) is 77.6 cm³/mol. The first kappa shape index (κ1) is 14.8. The minimum absolute atomic E-state index is 0.405. The number of hydrogen-bond donors (Lipinski definition) is 1. The quantitative estimate of drug-likeness (QED) is 0.837. The molecule has 2 aliphatic heterocycles. The molecule has 2 aliphatic rings. The van der Waals surface area contributed by atoms with Crippen molar-refractivity contribution in [1.29, 1.82) is 5.26 Å². The van der Waals surface area contributed by atoms with Crippen LogP contribution in [0.25, 0.3) is 0 Å². The Balaban J connectivity index is 1.92. The maximum Gasteiger partial charge on any atom is 0.102 e. The number of nitriles is 1. The van der Waals surface area contributed by atoms with Gasteiger partial charge in [-0.1, -0.05) is 0 Å². The zero-order chi connectivity index (χ0) is 14.0. The Morgan fingerprint density at radius 2 is 2.16 bits per heavy atom. The molecule has 19 heavy (non-hydrogen) atoms. The first-order valence-corrected chi connectivity index (χ1v) is 7.57. The molecule has 4 unspecified atom stereocenters. The Morgan fingerprint density at radius 1 is 1.42 bits per heavy atom. The van der Waals surface area contributed by atoms with Crippen LogP contribution in [0.15, 0.2) is 0 Å². The van der Waals surface area contributed by atoms with Crippen LogP contribution in [-0.4, -0.2) is 54.1 Å². The number of likely N-dealkylation sites (tertiary alicyclic amines) is 2. The Hall–Kier alpha value is -0.630. The van der Waals surface area contributed by atoms with Gasteiger partial charge >= 0.3 is 0 Å². The molecule has 0 bridgehead atoms. The van der Waals surface area contributed by atoms with Crippen LogP contribution >= 0.6 is 0 Å². The summed E-state index contributed by atoms with van der Waals surface area (Å²) in [6.07, 6.45) is 4.71. The molecule has 108 valence electrons. The van der Waals surface area contributed by atoms with E-state index in [4.69, 9.17) is 11.0 Å². The second-order valence-electron chi connectivity index (χ2n) is 6.82. The second-order valence-corrected chi connectivity index (χ2v) is 6.82. The molecule has 0 amide bonds. The molecule has 0 saturated carbocycles. The third-order valence-corrected chi connectivity index (χ3v) is 4.98. The second kappa shape index (κ2) is 5.78.